The second-order valence-corrected chi connectivity index (χ2v) is 6.94. The Morgan fingerprint density at radius 1 is 1.10 bits per heavy atom. The lowest BCUT2D eigenvalue weighted by Gasteiger charge is -2.10. The van der Waals surface area contributed by atoms with Crippen molar-refractivity contribution in [2.24, 2.45) is 0 Å². The lowest BCUT2D eigenvalue weighted by atomic mass is 10.2. The van der Waals surface area contributed by atoms with Crippen LogP contribution in [0.1, 0.15) is 36.5 Å². The van der Waals surface area contributed by atoms with Gasteiger partial charge in [-0.1, -0.05) is 0 Å². The van der Waals surface area contributed by atoms with Gasteiger partial charge in [-0.25, -0.2) is 13.8 Å². The summed E-state index contributed by atoms with van der Waals surface area (Å²) >= 11 is 0. The Labute approximate surface area is 177 Å². The van der Waals surface area contributed by atoms with Crippen LogP contribution < -0.4 is 15.6 Å². The summed E-state index contributed by atoms with van der Waals surface area (Å²) in [6.07, 6.45) is 1.44. The van der Waals surface area contributed by atoms with E-state index in [0.29, 0.717) is 11.3 Å². The Hall–Kier alpha value is -3.75. The number of hydrogen-bond donors (Lipinski definition) is 2. The number of hydrazine groups is 1. The van der Waals surface area contributed by atoms with Gasteiger partial charge in [0.2, 0.25) is 5.91 Å². The summed E-state index contributed by atoms with van der Waals surface area (Å²) in [6, 6.07) is 9.62. The number of carbonyl (C=O) groups is 2. The molecule has 2 N–H and O–H groups in total. The summed E-state index contributed by atoms with van der Waals surface area (Å²) in [5.41, 5.74) is 5.06. The Bertz CT molecular complexity index is 1060. The predicted molar refractivity (Wildman–Crippen MR) is 108 cm³/mol. The van der Waals surface area contributed by atoms with E-state index in [0.717, 1.165) is 12.1 Å². The van der Waals surface area contributed by atoms with E-state index in [1.165, 1.54) is 12.3 Å². The quantitative estimate of drug-likeness (QED) is 0.558. The minimum atomic E-state index is -0.771. The lowest BCUT2D eigenvalue weighted by Crippen LogP contribution is -2.41. The van der Waals surface area contributed by atoms with Gasteiger partial charge in [0.1, 0.15) is 17.4 Å². The summed E-state index contributed by atoms with van der Waals surface area (Å²) in [7, 11) is 0. The molecule has 0 unspecified atom stereocenters. The molecule has 0 fully saturated rings. The zero-order valence-corrected chi connectivity index (χ0v) is 16.9. The van der Waals surface area contributed by atoms with Crippen molar-refractivity contribution in [2.75, 3.05) is 0 Å². The molecule has 3 aromatic rings. The number of aryl methyl sites for hydroxylation is 1. The van der Waals surface area contributed by atoms with Gasteiger partial charge in [-0.2, -0.15) is 0 Å². The van der Waals surface area contributed by atoms with Gasteiger partial charge in [0.25, 0.3) is 5.91 Å². The van der Waals surface area contributed by atoms with Crippen molar-refractivity contribution in [1.82, 2.24) is 15.8 Å². The lowest BCUT2D eigenvalue weighted by molar-refractivity contribution is -0.121. The maximum atomic E-state index is 13.8. The van der Waals surface area contributed by atoms with Crippen molar-refractivity contribution in [3.05, 3.63) is 71.8 Å². The number of rotatable bonds is 7. The summed E-state index contributed by atoms with van der Waals surface area (Å²) in [4.78, 5) is 28.1. The van der Waals surface area contributed by atoms with Gasteiger partial charge >= 0.3 is 0 Å². The molecule has 0 saturated heterocycles. The molecule has 0 spiro atoms. The maximum Gasteiger partial charge on any atom is 0.269 e. The average molecular weight is 429 g/mol. The van der Waals surface area contributed by atoms with Crippen molar-refractivity contribution in [3.8, 4) is 17.1 Å². The van der Waals surface area contributed by atoms with Crippen LogP contribution in [0.2, 0.25) is 0 Å². The van der Waals surface area contributed by atoms with Crippen LogP contribution in [-0.2, 0) is 11.2 Å². The minimum absolute atomic E-state index is 0.0205. The van der Waals surface area contributed by atoms with Crippen LogP contribution in [0.3, 0.4) is 0 Å². The molecular formula is C22H21F2N3O4. The Morgan fingerprint density at radius 2 is 1.84 bits per heavy atom. The van der Waals surface area contributed by atoms with Crippen LogP contribution in [-0.4, -0.2) is 22.9 Å². The van der Waals surface area contributed by atoms with Gasteiger partial charge in [-0.3, -0.25) is 20.4 Å². The molecule has 0 saturated carbocycles. The third-order valence-corrected chi connectivity index (χ3v) is 4.12. The molecule has 162 valence electrons. The highest BCUT2D eigenvalue weighted by Gasteiger charge is 2.13. The van der Waals surface area contributed by atoms with Gasteiger partial charge in [-0.05, 0) is 50.2 Å². The highest BCUT2D eigenvalue weighted by atomic mass is 19.1. The number of hydrogen-bond acceptors (Lipinski definition) is 5. The summed E-state index contributed by atoms with van der Waals surface area (Å²) < 4.78 is 37.8. The number of oxazole rings is 1. The third-order valence-electron chi connectivity index (χ3n) is 4.12. The summed E-state index contributed by atoms with van der Waals surface area (Å²) in [5, 5.41) is 0. The topological polar surface area (TPSA) is 93.5 Å². The van der Waals surface area contributed by atoms with Crippen LogP contribution in [0, 0.1) is 11.6 Å². The maximum absolute atomic E-state index is 13.8. The number of aromatic nitrogens is 1. The van der Waals surface area contributed by atoms with Crippen molar-refractivity contribution < 1.29 is 27.5 Å². The molecule has 2 amide bonds. The molecule has 3 rings (SSSR count). The van der Waals surface area contributed by atoms with E-state index in [2.05, 4.69) is 15.8 Å². The highest BCUT2D eigenvalue weighted by molar-refractivity contribution is 5.95. The van der Waals surface area contributed by atoms with Crippen molar-refractivity contribution in [1.29, 1.82) is 0 Å². The molecule has 0 aliphatic carbocycles. The number of amides is 2. The Balaban J connectivity index is 1.47. The first kappa shape index (κ1) is 21.9. The van der Waals surface area contributed by atoms with Gasteiger partial charge < -0.3 is 9.15 Å². The summed E-state index contributed by atoms with van der Waals surface area (Å²) in [5.74, 6) is -1.42. The second kappa shape index (κ2) is 9.84. The second-order valence-electron chi connectivity index (χ2n) is 6.94. The van der Waals surface area contributed by atoms with E-state index in [1.807, 2.05) is 13.8 Å². The van der Waals surface area contributed by atoms with Gasteiger partial charge in [0.15, 0.2) is 11.7 Å². The van der Waals surface area contributed by atoms with Crippen LogP contribution in [0.5, 0.6) is 5.75 Å². The number of nitrogens with one attached hydrogen (secondary N) is 2. The standard InChI is InChI=1S/C22H21F2N3O4/c1-13(2)30-16-6-3-14(4-7-16)22(29)27-26-20(28)9-10-21-25-12-19(31-21)17-8-5-15(23)11-18(17)24/h3-8,11-13H,9-10H2,1-2H3,(H,26,28)(H,27,29). The predicted octanol–water partition coefficient (Wildman–Crippen LogP) is 3.80. The molecule has 2 aromatic carbocycles. The van der Waals surface area contributed by atoms with Crippen molar-refractivity contribution in [3.63, 3.8) is 0 Å². The zero-order chi connectivity index (χ0) is 22.4. The first-order chi connectivity index (χ1) is 14.8. The van der Waals surface area contributed by atoms with Crippen LogP contribution in [0.25, 0.3) is 11.3 Å². The van der Waals surface area contributed by atoms with Crippen LogP contribution >= 0.6 is 0 Å². The first-order valence-electron chi connectivity index (χ1n) is 9.58. The molecule has 0 aliphatic rings. The van der Waals surface area contributed by atoms with E-state index in [1.54, 1.807) is 24.3 Å². The van der Waals surface area contributed by atoms with Gasteiger partial charge in [0, 0.05) is 24.5 Å². The molecule has 0 aliphatic heterocycles. The van der Waals surface area contributed by atoms with E-state index in [4.69, 9.17) is 9.15 Å². The molecule has 0 atom stereocenters. The fourth-order valence-corrected chi connectivity index (χ4v) is 2.68. The molecule has 7 nitrogen and oxygen atoms in total. The monoisotopic (exact) mass is 429 g/mol. The number of nitrogens with zero attached hydrogens (tertiary/aromatic N) is 1. The molecular weight excluding hydrogens is 408 g/mol. The smallest absolute Gasteiger partial charge is 0.269 e. The molecule has 0 bridgehead atoms. The average Bonchev–Trinajstić information content (AvgIpc) is 3.19. The van der Waals surface area contributed by atoms with Gasteiger partial charge in [-0.15, -0.1) is 0 Å². The molecule has 31 heavy (non-hydrogen) atoms. The third kappa shape index (κ3) is 6.11. The van der Waals surface area contributed by atoms with E-state index >= 15 is 0 Å². The van der Waals surface area contributed by atoms with E-state index in [9.17, 15) is 18.4 Å². The number of ether oxygens (including phenoxy) is 1. The van der Waals surface area contributed by atoms with E-state index < -0.39 is 23.4 Å². The molecule has 1 heterocycles. The Morgan fingerprint density at radius 3 is 2.52 bits per heavy atom. The van der Waals surface area contributed by atoms with E-state index in [-0.39, 0.29) is 36.2 Å². The van der Waals surface area contributed by atoms with Crippen LogP contribution in [0.4, 0.5) is 8.78 Å². The minimum Gasteiger partial charge on any atom is -0.491 e. The molecule has 0 radical (unpaired) electrons. The normalized spacial score (nSPS) is 10.7. The van der Waals surface area contributed by atoms with Gasteiger partial charge in [0.05, 0.1) is 17.9 Å². The SMILES string of the molecule is CC(C)Oc1ccc(C(=O)NNC(=O)CCc2ncc(-c3ccc(F)cc3F)o2)cc1. The fourth-order valence-electron chi connectivity index (χ4n) is 2.68. The number of benzene rings is 2. The number of halogens is 2. The van der Waals surface area contributed by atoms with Crippen molar-refractivity contribution >= 4 is 11.8 Å². The highest BCUT2D eigenvalue weighted by Crippen LogP contribution is 2.24. The molecule has 9 heteroatoms. The Kier molecular flexibility index (Phi) is 6.96. The zero-order valence-electron chi connectivity index (χ0n) is 16.9. The summed E-state index contributed by atoms with van der Waals surface area (Å²) in [6.45, 7) is 3.80. The molecule has 1 aromatic heterocycles. The van der Waals surface area contributed by atoms with Crippen LogP contribution in [0.15, 0.2) is 53.1 Å². The van der Waals surface area contributed by atoms with Crippen molar-refractivity contribution in [2.45, 2.75) is 32.8 Å². The number of carbonyl (C=O) groups excluding carboxylic acids is 2. The first-order valence-corrected chi connectivity index (χ1v) is 9.58. The largest absolute Gasteiger partial charge is 0.491 e. The fraction of sp³-hybridized carbons (Fsp3) is 0.227.